The van der Waals surface area contributed by atoms with Crippen LogP contribution in [0.5, 0.6) is 0 Å². The van der Waals surface area contributed by atoms with Gasteiger partial charge in [0.2, 0.25) is 0 Å². The summed E-state index contributed by atoms with van der Waals surface area (Å²) < 4.78 is 21.7. The van der Waals surface area contributed by atoms with Gasteiger partial charge in [-0.25, -0.2) is 9.37 Å². The molecular formula is C18H24FN3O. The zero-order chi connectivity index (χ0) is 16.2. The number of halogens is 1. The van der Waals surface area contributed by atoms with Gasteiger partial charge in [0.05, 0.1) is 18.1 Å². The number of nitrogens with zero attached hydrogens (tertiary/aromatic N) is 3. The van der Waals surface area contributed by atoms with E-state index in [9.17, 15) is 4.39 Å². The van der Waals surface area contributed by atoms with E-state index in [1.54, 1.807) is 13.2 Å². The minimum absolute atomic E-state index is 0.119. The fraction of sp³-hybridized carbons (Fsp3) is 0.500. The van der Waals surface area contributed by atoms with Crippen molar-refractivity contribution in [1.29, 1.82) is 0 Å². The number of benzene rings is 1. The van der Waals surface area contributed by atoms with Gasteiger partial charge in [0.25, 0.3) is 0 Å². The van der Waals surface area contributed by atoms with E-state index in [2.05, 4.69) is 9.88 Å². The highest BCUT2D eigenvalue weighted by Crippen LogP contribution is 2.25. The van der Waals surface area contributed by atoms with Gasteiger partial charge in [0.15, 0.2) is 0 Å². The first kappa shape index (κ1) is 16.1. The number of hydrogen-bond acceptors (Lipinski definition) is 3. The highest BCUT2D eigenvalue weighted by atomic mass is 19.1. The average molecular weight is 317 g/mol. The molecule has 4 nitrogen and oxygen atoms in total. The maximum absolute atomic E-state index is 14.0. The van der Waals surface area contributed by atoms with Crippen molar-refractivity contribution in [2.24, 2.45) is 13.0 Å². The van der Waals surface area contributed by atoms with Crippen LogP contribution in [0.1, 0.15) is 17.7 Å². The van der Waals surface area contributed by atoms with Crippen LogP contribution in [0.2, 0.25) is 0 Å². The normalized spacial score (nSPS) is 22.4. The van der Waals surface area contributed by atoms with E-state index in [0.717, 1.165) is 31.6 Å². The van der Waals surface area contributed by atoms with E-state index < -0.39 is 0 Å². The molecule has 0 bridgehead atoms. The lowest BCUT2D eigenvalue weighted by atomic mass is 9.88. The smallest absolute Gasteiger partial charge is 0.126 e. The second-order valence-electron chi connectivity index (χ2n) is 6.35. The van der Waals surface area contributed by atoms with Crippen LogP contribution in [0.15, 0.2) is 36.8 Å². The molecular weight excluding hydrogens is 293 g/mol. The predicted molar refractivity (Wildman–Crippen MR) is 87.5 cm³/mol. The standard InChI is InChI=1S/C18H24FN3O/c1-21-13-20-10-16(21)12-22-8-7-18(23-2)15(11-22)9-14-5-3-4-6-17(14)19/h3-6,10,13,15,18H,7-9,11-12H2,1-2H3/t15-,18-/m1/s1. The summed E-state index contributed by atoms with van der Waals surface area (Å²) in [6, 6.07) is 7.05. The lowest BCUT2D eigenvalue weighted by Gasteiger charge is -2.38. The van der Waals surface area contributed by atoms with Crippen molar-refractivity contribution in [3.8, 4) is 0 Å². The Kier molecular flexibility index (Phi) is 5.08. The number of rotatable bonds is 5. The summed E-state index contributed by atoms with van der Waals surface area (Å²) in [6.45, 7) is 2.79. The molecule has 2 aromatic rings. The largest absolute Gasteiger partial charge is 0.381 e. The number of imidazole rings is 1. The molecule has 0 aliphatic carbocycles. The summed E-state index contributed by atoms with van der Waals surface area (Å²) in [4.78, 5) is 6.59. The zero-order valence-electron chi connectivity index (χ0n) is 13.8. The van der Waals surface area contributed by atoms with Crippen LogP contribution in [0.25, 0.3) is 0 Å². The van der Waals surface area contributed by atoms with Gasteiger partial charge >= 0.3 is 0 Å². The number of hydrogen-bond donors (Lipinski definition) is 0. The molecule has 0 amide bonds. The molecule has 23 heavy (non-hydrogen) atoms. The van der Waals surface area contributed by atoms with E-state index in [4.69, 9.17) is 4.74 Å². The third-order valence-corrected chi connectivity index (χ3v) is 4.79. The average Bonchev–Trinajstić information content (AvgIpc) is 2.95. The Bertz CT molecular complexity index is 643. The van der Waals surface area contributed by atoms with Crippen molar-refractivity contribution >= 4 is 0 Å². The van der Waals surface area contributed by atoms with Gasteiger partial charge in [-0.3, -0.25) is 4.90 Å². The first-order valence-electron chi connectivity index (χ1n) is 8.11. The molecule has 1 fully saturated rings. The SMILES string of the molecule is CO[C@@H]1CCN(Cc2cncn2C)C[C@H]1Cc1ccccc1F. The van der Waals surface area contributed by atoms with Crippen LogP contribution in [-0.2, 0) is 24.8 Å². The van der Waals surface area contributed by atoms with Crippen molar-refractivity contribution < 1.29 is 9.13 Å². The summed E-state index contributed by atoms with van der Waals surface area (Å²) in [5.74, 6) is 0.185. The molecule has 1 aliphatic rings. The van der Waals surface area contributed by atoms with Crippen LogP contribution >= 0.6 is 0 Å². The van der Waals surface area contributed by atoms with Crippen molar-refractivity contribution in [1.82, 2.24) is 14.5 Å². The molecule has 124 valence electrons. The minimum Gasteiger partial charge on any atom is -0.381 e. The van der Waals surface area contributed by atoms with Crippen molar-refractivity contribution in [3.63, 3.8) is 0 Å². The lowest BCUT2D eigenvalue weighted by Crippen LogP contribution is -2.44. The van der Waals surface area contributed by atoms with Crippen LogP contribution in [0, 0.1) is 11.7 Å². The Morgan fingerprint density at radius 1 is 1.35 bits per heavy atom. The second kappa shape index (κ2) is 7.23. The minimum atomic E-state index is -0.119. The topological polar surface area (TPSA) is 30.3 Å². The molecule has 3 rings (SSSR count). The maximum atomic E-state index is 14.0. The van der Waals surface area contributed by atoms with Crippen molar-refractivity contribution in [2.45, 2.75) is 25.5 Å². The monoisotopic (exact) mass is 317 g/mol. The summed E-state index contributed by atoms with van der Waals surface area (Å²) in [5, 5.41) is 0. The number of methoxy groups -OCH3 is 1. The van der Waals surface area contributed by atoms with E-state index in [1.807, 2.05) is 36.3 Å². The Labute approximate surface area is 136 Å². The van der Waals surface area contributed by atoms with Gasteiger partial charge in [0.1, 0.15) is 5.82 Å². The van der Waals surface area contributed by atoms with E-state index in [1.165, 1.54) is 11.8 Å². The van der Waals surface area contributed by atoms with Gasteiger partial charge in [0, 0.05) is 45.9 Å². The van der Waals surface area contributed by atoms with E-state index in [-0.39, 0.29) is 11.9 Å². The lowest BCUT2D eigenvalue weighted by molar-refractivity contribution is -0.00920. The number of likely N-dealkylation sites (tertiary alicyclic amines) is 1. The quantitative estimate of drug-likeness (QED) is 0.849. The van der Waals surface area contributed by atoms with Gasteiger partial charge in [-0.05, 0) is 24.5 Å². The molecule has 0 N–H and O–H groups in total. The van der Waals surface area contributed by atoms with Crippen LogP contribution in [0.3, 0.4) is 0 Å². The molecule has 1 aromatic carbocycles. The van der Waals surface area contributed by atoms with Crippen molar-refractivity contribution in [3.05, 3.63) is 53.9 Å². The van der Waals surface area contributed by atoms with E-state index in [0.29, 0.717) is 12.3 Å². The summed E-state index contributed by atoms with van der Waals surface area (Å²) in [6.07, 6.45) is 5.63. The summed E-state index contributed by atoms with van der Waals surface area (Å²) in [5.41, 5.74) is 1.98. The van der Waals surface area contributed by atoms with E-state index >= 15 is 0 Å². The molecule has 1 aliphatic heterocycles. The van der Waals surface area contributed by atoms with Crippen LogP contribution < -0.4 is 0 Å². The molecule has 5 heteroatoms. The second-order valence-corrected chi connectivity index (χ2v) is 6.35. The number of ether oxygens (including phenoxy) is 1. The number of piperidine rings is 1. The fourth-order valence-corrected chi connectivity index (χ4v) is 3.45. The molecule has 0 radical (unpaired) electrons. The molecule has 0 spiro atoms. The zero-order valence-corrected chi connectivity index (χ0v) is 13.8. The molecule has 0 unspecified atom stereocenters. The molecule has 1 saturated heterocycles. The summed E-state index contributed by atoms with van der Waals surface area (Å²) >= 11 is 0. The van der Waals surface area contributed by atoms with Gasteiger partial charge < -0.3 is 9.30 Å². The highest BCUT2D eigenvalue weighted by Gasteiger charge is 2.30. The van der Waals surface area contributed by atoms with Gasteiger partial charge in [-0.1, -0.05) is 18.2 Å². The first-order chi connectivity index (χ1) is 11.2. The molecule has 2 heterocycles. The highest BCUT2D eigenvalue weighted by molar-refractivity contribution is 5.18. The molecule has 0 saturated carbocycles. The number of aromatic nitrogens is 2. The van der Waals surface area contributed by atoms with Crippen LogP contribution in [0.4, 0.5) is 4.39 Å². The maximum Gasteiger partial charge on any atom is 0.126 e. The first-order valence-corrected chi connectivity index (χ1v) is 8.11. The number of aryl methyl sites for hydroxylation is 1. The third kappa shape index (κ3) is 3.79. The van der Waals surface area contributed by atoms with Gasteiger partial charge in [-0.15, -0.1) is 0 Å². The summed E-state index contributed by atoms with van der Waals surface area (Å²) in [7, 11) is 3.77. The van der Waals surface area contributed by atoms with Gasteiger partial charge in [-0.2, -0.15) is 0 Å². The third-order valence-electron chi connectivity index (χ3n) is 4.79. The van der Waals surface area contributed by atoms with Crippen LogP contribution in [-0.4, -0.2) is 40.8 Å². The Morgan fingerprint density at radius 3 is 2.87 bits per heavy atom. The fourth-order valence-electron chi connectivity index (χ4n) is 3.45. The Hall–Kier alpha value is -1.72. The molecule has 1 aromatic heterocycles. The molecule has 2 atom stereocenters. The Morgan fingerprint density at radius 2 is 2.17 bits per heavy atom. The predicted octanol–water partition coefficient (Wildman–Crippen LogP) is 2.64. The Balaban J connectivity index is 1.69. The van der Waals surface area contributed by atoms with Crippen molar-refractivity contribution in [2.75, 3.05) is 20.2 Å².